The second-order valence-corrected chi connectivity index (χ2v) is 5.05. The molecule has 0 bridgehead atoms. The van der Waals surface area contributed by atoms with Crippen molar-refractivity contribution in [1.29, 1.82) is 0 Å². The first kappa shape index (κ1) is 13.7. The quantitative estimate of drug-likeness (QED) is 0.512. The Morgan fingerprint density at radius 3 is 2.29 bits per heavy atom. The van der Waals surface area contributed by atoms with E-state index >= 15 is 0 Å². The largest absolute Gasteiger partial charge is 0.0885 e. The zero-order valence-electron chi connectivity index (χ0n) is 11.0. The van der Waals surface area contributed by atoms with Gasteiger partial charge in [0.15, 0.2) is 0 Å². The third-order valence-electron chi connectivity index (χ3n) is 3.74. The Bertz CT molecular complexity index is 178. The van der Waals surface area contributed by atoms with E-state index in [-0.39, 0.29) is 0 Å². The normalized spacial score (nSPS) is 19.1. The van der Waals surface area contributed by atoms with Gasteiger partial charge >= 0.3 is 0 Å². The van der Waals surface area contributed by atoms with Gasteiger partial charge in [-0.15, -0.1) is 0 Å². The lowest BCUT2D eigenvalue weighted by molar-refractivity contribution is 0.229. The summed E-state index contributed by atoms with van der Waals surface area (Å²) in [6.45, 7) is 13.8. The summed E-state index contributed by atoms with van der Waals surface area (Å²) in [6, 6.07) is 0. The van der Waals surface area contributed by atoms with Gasteiger partial charge in [0.05, 0.1) is 0 Å². The van der Waals surface area contributed by atoms with Gasteiger partial charge in [-0.05, 0) is 38.0 Å². The fraction of sp³-hybridized carbons (Fsp3) is 0.857. The van der Waals surface area contributed by atoms with E-state index in [1.165, 1.54) is 25.7 Å². The highest BCUT2D eigenvalue weighted by Gasteiger charge is 2.23. The van der Waals surface area contributed by atoms with Crippen molar-refractivity contribution < 1.29 is 0 Å². The Morgan fingerprint density at radius 2 is 1.93 bits per heavy atom. The molecule has 0 saturated heterocycles. The van der Waals surface area contributed by atoms with E-state index in [9.17, 15) is 0 Å². The number of hydrogen-bond donors (Lipinski definition) is 0. The fourth-order valence-electron chi connectivity index (χ4n) is 2.21. The molecule has 0 saturated carbocycles. The topological polar surface area (TPSA) is 0 Å². The van der Waals surface area contributed by atoms with Crippen LogP contribution in [0.5, 0.6) is 0 Å². The van der Waals surface area contributed by atoms with Crippen LogP contribution in [0.15, 0.2) is 11.6 Å². The molecule has 2 unspecified atom stereocenters. The van der Waals surface area contributed by atoms with Crippen LogP contribution in [0.3, 0.4) is 0 Å². The van der Waals surface area contributed by atoms with E-state index in [1.807, 2.05) is 0 Å². The van der Waals surface area contributed by atoms with E-state index in [0.29, 0.717) is 5.41 Å². The van der Waals surface area contributed by atoms with Crippen LogP contribution in [0.4, 0.5) is 0 Å². The number of allylic oxidation sites excluding steroid dienone is 2. The SMILES string of the molecule is CC=C(C)C(C)CC(C)(CC)CCC. The summed E-state index contributed by atoms with van der Waals surface area (Å²) < 4.78 is 0. The first-order valence-electron chi connectivity index (χ1n) is 6.12. The van der Waals surface area contributed by atoms with Gasteiger partial charge in [0, 0.05) is 0 Å². The first-order chi connectivity index (χ1) is 6.49. The summed E-state index contributed by atoms with van der Waals surface area (Å²) in [5, 5.41) is 0. The van der Waals surface area contributed by atoms with E-state index in [4.69, 9.17) is 0 Å². The Labute approximate surface area is 90.8 Å². The van der Waals surface area contributed by atoms with Crippen LogP contribution in [0.1, 0.15) is 67.2 Å². The molecule has 0 aromatic carbocycles. The summed E-state index contributed by atoms with van der Waals surface area (Å²) >= 11 is 0. The van der Waals surface area contributed by atoms with Crippen molar-refractivity contribution in [2.75, 3.05) is 0 Å². The minimum absolute atomic E-state index is 0.554. The van der Waals surface area contributed by atoms with E-state index < -0.39 is 0 Å². The summed E-state index contributed by atoms with van der Waals surface area (Å²) in [5.41, 5.74) is 2.10. The molecule has 2 atom stereocenters. The van der Waals surface area contributed by atoms with Gasteiger partial charge < -0.3 is 0 Å². The molecule has 0 aromatic heterocycles. The van der Waals surface area contributed by atoms with Gasteiger partial charge in [-0.25, -0.2) is 0 Å². The van der Waals surface area contributed by atoms with Crippen LogP contribution in [-0.2, 0) is 0 Å². The van der Waals surface area contributed by atoms with Gasteiger partial charge in [0.1, 0.15) is 0 Å². The molecule has 0 radical (unpaired) electrons. The third kappa shape index (κ3) is 4.30. The Kier molecular flexibility index (Phi) is 6.15. The van der Waals surface area contributed by atoms with Gasteiger partial charge in [0.2, 0.25) is 0 Å². The lowest BCUT2D eigenvalue weighted by Crippen LogP contribution is -2.19. The van der Waals surface area contributed by atoms with Crippen LogP contribution in [-0.4, -0.2) is 0 Å². The molecular formula is C14H28. The van der Waals surface area contributed by atoms with E-state index in [2.05, 4.69) is 47.6 Å². The second-order valence-electron chi connectivity index (χ2n) is 5.05. The van der Waals surface area contributed by atoms with Gasteiger partial charge in [-0.3, -0.25) is 0 Å². The summed E-state index contributed by atoms with van der Waals surface area (Å²) in [5.74, 6) is 0.747. The Morgan fingerprint density at radius 1 is 1.36 bits per heavy atom. The highest BCUT2D eigenvalue weighted by atomic mass is 14.3. The standard InChI is InChI=1S/C14H28/c1-7-10-14(6,9-3)11-13(5)12(4)8-2/h8,13H,7,9-11H2,1-6H3. The first-order valence-corrected chi connectivity index (χ1v) is 6.12. The number of hydrogen-bond acceptors (Lipinski definition) is 0. The molecule has 0 nitrogen and oxygen atoms in total. The van der Waals surface area contributed by atoms with Crippen LogP contribution < -0.4 is 0 Å². The van der Waals surface area contributed by atoms with Gasteiger partial charge in [-0.1, -0.05) is 52.2 Å². The van der Waals surface area contributed by atoms with Crippen molar-refractivity contribution in [2.45, 2.75) is 67.2 Å². The van der Waals surface area contributed by atoms with Crippen molar-refractivity contribution in [1.82, 2.24) is 0 Å². The third-order valence-corrected chi connectivity index (χ3v) is 3.74. The molecule has 0 rings (SSSR count). The molecule has 0 aliphatic carbocycles. The Balaban J connectivity index is 4.30. The smallest absolute Gasteiger partial charge is 0.0229 e. The lowest BCUT2D eigenvalue weighted by Gasteiger charge is -2.31. The summed E-state index contributed by atoms with van der Waals surface area (Å²) in [7, 11) is 0. The maximum atomic E-state index is 2.44. The molecule has 0 spiro atoms. The monoisotopic (exact) mass is 196 g/mol. The molecular weight excluding hydrogens is 168 g/mol. The van der Waals surface area contributed by atoms with E-state index in [0.717, 1.165) is 5.92 Å². The maximum Gasteiger partial charge on any atom is -0.0229 e. The molecule has 0 aromatic rings. The maximum absolute atomic E-state index is 2.44. The molecule has 0 heteroatoms. The van der Waals surface area contributed by atoms with Gasteiger partial charge in [-0.2, -0.15) is 0 Å². The highest BCUT2D eigenvalue weighted by Crippen LogP contribution is 2.36. The molecule has 0 aliphatic rings. The average molecular weight is 196 g/mol. The lowest BCUT2D eigenvalue weighted by atomic mass is 9.74. The van der Waals surface area contributed by atoms with Crippen molar-refractivity contribution in [3.8, 4) is 0 Å². The molecule has 0 fully saturated rings. The Hall–Kier alpha value is -0.260. The molecule has 0 heterocycles. The molecule has 0 aliphatic heterocycles. The molecule has 14 heavy (non-hydrogen) atoms. The predicted octanol–water partition coefficient (Wildman–Crippen LogP) is 5.20. The van der Waals surface area contributed by atoms with Crippen molar-refractivity contribution in [3.05, 3.63) is 11.6 Å². The van der Waals surface area contributed by atoms with Crippen molar-refractivity contribution >= 4 is 0 Å². The molecule has 84 valence electrons. The second kappa shape index (κ2) is 6.27. The fourth-order valence-corrected chi connectivity index (χ4v) is 2.21. The van der Waals surface area contributed by atoms with Crippen LogP contribution >= 0.6 is 0 Å². The molecule has 0 N–H and O–H groups in total. The minimum Gasteiger partial charge on any atom is -0.0885 e. The predicted molar refractivity (Wildman–Crippen MR) is 66.5 cm³/mol. The zero-order chi connectivity index (χ0) is 11.2. The minimum atomic E-state index is 0.554. The zero-order valence-corrected chi connectivity index (χ0v) is 11.0. The summed E-state index contributed by atoms with van der Waals surface area (Å²) in [6.07, 6.45) is 7.58. The highest BCUT2D eigenvalue weighted by molar-refractivity contribution is 5.01. The van der Waals surface area contributed by atoms with Crippen molar-refractivity contribution in [2.24, 2.45) is 11.3 Å². The summed E-state index contributed by atoms with van der Waals surface area (Å²) in [4.78, 5) is 0. The van der Waals surface area contributed by atoms with Crippen LogP contribution in [0.2, 0.25) is 0 Å². The van der Waals surface area contributed by atoms with Gasteiger partial charge in [0.25, 0.3) is 0 Å². The van der Waals surface area contributed by atoms with E-state index in [1.54, 1.807) is 5.57 Å². The van der Waals surface area contributed by atoms with Crippen molar-refractivity contribution in [3.63, 3.8) is 0 Å². The average Bonchev–Trinajstić information content (AvgIpc) is 2.16. The van der Waals surface area contributed by atoms with Crippen LogP contribution in [0, 0.1) is 11.3 Å². The number of rotatable bonds is 6. The van der Waals surface area contributed by atoms with Crippen LogP contribution in [0.25, 0.3) is 0 Å². The molecule has 0 amide bonds.